The normalized spacial score (nSPS) is 16.5. The summed E-state index contributed by atoms with van der Waals surface area (Å²) in [6.07, 6.45) is -6.01. The van der Waals surface area contributed by atoms with E-state index in [1.165, 1.54) is 18.3 Å². The van der Waals surface area contributed by atoms with E-state index in [0.717, 1.165) is 18.6 Å². The van der Waals surface area contributed by atoms with Gasteiger partial charge in [-0.2, -0.15) is 26.3 Å². The molecule has 1 saturated carbocycles. The smallest absolute Gasteiger partial charge is 0.337 e. The van der Waals surface area contributed by atoms with Gasteiger partial charge in [-0.15, -0.1) is 0 Å². The van der Waals surface area contributed by atoms with Crippen molar-refractivity contribution in [2.24, 2.45) is 5.92 Å². The predicted octanol–water partition coefficient (Wildman–Crippen LogP) is 8.30. The van der Waals surface area contributed by atoms with Crippen molar-refractivity contribution in [2.45, 2.75) is 50.0 Å². The third kappa shape index (κ3) is 6.03. The molecule has 4 rings (SSSR count). The summed E-state index contributed by atoms with van der Waals surface area (Å²) in [6, 6.07) is 6.21. The van der Waals surface area contributed by atoms with Gasteiger partial charge in [-0.3, -0.25) is 9.78 Å². The lowest BCUT2D eigenvalue weighted by Gasteiger charge is -2.43. The van der Waals surface area contributed by atoms with Crippen molar-refractivity contribution < 1.29 is 39.9 Å². The number of hydrogen-bond donors (Lipinski definition) is 1. The number of rotatable bonds is 5. The van der Waals surface area contributed by atoms with Crippen molar-refractivity contribution >= 4 is 17.5 Å². The van der Waals surface area contributed by atoms with E-state index >= 15 is 0 Å². The molecular formula is C27H21ClF8N2O. The number of nitrogens with zero attached hydrogens (tertiary/aromatic N) is 1. The number of hydrogen-bond acceptors (Lipinski definition) is 2. The first kappa shape index (κ1) is 28.8. The van der Waals surface area contributed by atoms with E-state index < -0.39 is 58.0 Å². The quantitative estimate of drug-likeness (QED) is 0.310. The molecule has 1 aliphatic rings. The van der Waals surface area contributed by atoms with Gasteiger partial charge >= 0.3 is 12.4 Å². The molecule has 0 spiro atoms. The summed E-state index contributed by atoms with van der Waals surface area (Å²) in [6.45, 7) is 0. The Hall–Kier alpha value is -3.21. The van der Waals surface area contributed by atoms with Crippen LogP contribution in [0.2, 0.25) is 5.02 Å². The Labute approximate surface area is 223 Å². The summed E-state index contributed by atoms with van der Waals surface area (Å²) in [5, 5.41) is 2.78. The average molecular weight is 577 g/mol. The van der Waals surface area contributed by atoms with Gasteiger partial charge in [0, 0.05) is 11.8 Å². The maximum atomic E-state index is 14.7. The van der Waals surface area contributed by atoms with Crippen LogP contribution in [0.3, 0.4) is 0 Å². The molecule has 3 aromatic rings. The standard InChI is InChI=1S/C27H21ClF8N2O/c28-19-7-9-23(37-14-19)25(16-4-2-1-3-5-16,17-11-18(26(31,32)33)13-20(29)12-17)38-24(39)15-6-8-22(30)21(10-15)27(34,35)36/h6-14,16H,1-5H2,(H,38,39)/t25-/m0/s1. The van der Waals surface area contributed by atoms with Gasteiger partial charge in [0.15, 0.2) is 0 Å². The van der Waals surface area contributed by atoms with Crippen LogP contribution in [-0.4, -0.2) is 10.9 Å². The lowest BCUT2D eigenvalue weighted by Crippen LogP contribution is -2.53. The Morgan fingerprint density at radius 1 is 0.846 bits per heavy atom. The highest BCUT2D eigenvalue weighted by Gasteiger charge is 2.47. The maximum absolute atomic E-state index is 14.7. The average Bonchev–Trinajstić information content (AvgIpc) is 2.87. The molecule has 1 fully saturated rings. The highest BCUT2D eigenvalue weighted by molar-refractivity contribution is 6.30. The van der Waals surface area contributed by atoms with E-state index in [0.29, 0.717) is 49.9 Å². The minimum atomic E-state index is -5.11. The molecule has 208 valence electrons. The summed E-state index contributed by atoms with van der Waals surface area (Å²) in [4.78, 5) is 17.8. The fourth-order valence-electron chi connectivity index (χ4n) is 5.09. The molecule has 0 saturated heterocycles. The fourth-order valence-corrected chi connectivity index (χ4v) is 5.20. The molecule has 1 atom stereocenters. The molecule has 0 radical (unpaired) electrons. The van der Waals surface area contributed by atoms with E-state index in [2.05, 4.69) is 10.3 Å². The molecule has 0 aliphatic heterocycles. The SMILES string of the molecule is O=C(N[C@@](c1cc(F)cc(C(F)(F)F)c1)(c1ccc(Cl)cn1)C1CCCCC1)c1ccc(F)c(C(F)(F)F)c1. The van der Waals surface area contributed by atoms with Crippen LogP contribution < -0.4 is 5.32 Å². The number of benzene rings is 2. The summed E-state index contributed by atoms with van der Waals surface area (Å²) >= 11 is 5.98. The van der Waals surface area contributed by atoms with Crippen molar-refractivity contribution in [3.8, 4) is 0 Å². The molecule has 1 heterocycles. The van der Waals surface area contributed by atoms with Crippen molar-refractivity contribution in [1.29, 1.82) is 0 Å². The minimum absolute atomic E-state index is 0.0176. The number of amides is 1. The topological polar surface area (TPSA) is 42.0 Å². The largest absolute Gasteiger partial charge is 0.419 e. The van der Waals surface area contributed by atoms with Crippen LogP contribution in [0.15, 0.2) is 54.7 Å². The Morgan fingerprint density at radius 2 is 1.51 bits per heavy atom. The number of nitrogens with one attached hydrogen (secondary N) is 1. The van der Waals surface area contributed by atoms with Gasteiger partial charge in [0.2, 0.25) is 0 Å². The van der Waals surface area contributed by atoms with Gasteiger partial charge in [0.25, 0.3) is 5.91 Å². The van der Waals surface area contributed by atoms with Crippen molar-refractivity contribution in [1.82, 2.24) is 10.3 Å². The number of halogens is 9. The van der Waals surface area contributed by atoms with Crippen LogP contribution in [0.25, 0.3) is 0 Å². The Balaban J connectivity index is 1.96. The summed E-state index contributed by atoms with van der Waals surface area (Å²) in [7, 11) is 0. The molecular weight excluding hydrogens is 556 g/mol. The Morgan fingerprint density at radius 3 is 2.10 bits per heavy atom. The van der Waals surface area contributed by atoms with Crippen LogP contribution in [0.4, 0.5) is 35.1 Å². The highest BCUT2D eigenvalue weighted by atomic mass is 35.5. The number of alkyl halides is 6. The van der Waals surface area contributed by atoms with E-state index in [1.54, 1.807) is 0 Å². The third-order valence-electron chi connectivity index (χ3n) is 6.87. The van der Waals surface area contributed by atoms with E-state index in [4.69, 9.17) is 11.6 Å². The highest BCUT2D eigenvalue weighted by Crippen LogP contribution is 2.45. The van der Waals surface area contributed by atoms with Crippen LogP contribution in [0.1, 0.15) is 64.8 Å². The predicted molar refractivity (Wildman–Crippen MR) is 127 cm³/mol. The molecule has 0 bridgehead atoms. The van der Waals surface area contributed by atoms with Crippen LogP contribution in [0, 0.1) is 17.6 Å². The van der Waals surface area contributed by atoms with Crippen LogP contribution >= 0.6 is 11.6 Å². The molecule has 0 unspecified atom stereocenters. The minimum Gasteiger partial charge on any atom is -0.337 e. The second kappa shape index (κ2) is 10.7. The summed E-state index contributed by atoms with van der Waals surface area (Å²) in [5.74, 6) is -4.59. The first-order valence-corrected chi connectivity index (χ1v) is 12.3. The first-order valence-electron chi connectivity index (χ1n) is 11.9. The molecule has 1 aromatic heterocycles. The van der Waals surface area contributed by atoms with Gasteiger partial charge in [-0.1, -0.05) is 30.9 Å². The second-order valence-corrected chi connectivity index (χ2v) is 9.81. The fraction of sp³-hybridized carbons (Fsp3) is 0.333. The molecule has 1 N–H and O–H groups in total. The van der Waals surface area contributed by atoms with Gasteiger partial charge in [0.05, 0.1) is 21.8 Å². The van der Waals surface area contributed by atoms with Crippen molar-refractivity contribution in [3.05, 3.63) is 99.3 Å². The summed E-state index contributed by atoms with van der Waals surface area (Å²) in [5.41, 5.74) is -5.76. The van der Waals surface area contributed by atoms with Crippen LogP contribution in [0.5, 0.6) is 0 Å². The van der Waals surface area contributed by atoms with Gasteiger partial charge in [0.1, 0.15) is 17.2 Å². The summed E-state index contributed by atoms with van der Waals surface area (Å²) < 4.78 is 110. The molecule has 1 amide bonds. The van der Waals surface area contributed by atoms with Gasteiger partial charge in [-0.05, 0) is 72.9 Å². The lowest BCUT2D eigenvalue weighted by atomic mass is 9.68. The van der Waals surface area contributed by atoms with Crippen molar-refractivity contribution in [3.63, 3.8) is 0 Å². The molecule has 2 aromatic carbocycles. The number of carbonyl (C=O) groups excluding carboxylic acids is 1. The number of carbonyl (C=O) groups is 1. The van der Waals surface area contributed by atoms with Gasteiger partial charge < -0.3 is 5.32 Å². The van der Waals surface area contributed by atoms with Gasteiger partial charge in [-0.25, -0.2) is 8.78 Å². The zero-order valence-electron chi connectivity index (χ0n) is 20.1. The van der Waals surface area contributed by atoms with E-state index in [-0.39, 0.29) is 16.3 Å². The molecule has 1 aliphatic carbocycles. The van der Waals surface area contributed by atoms with Crippen LogP contribution in [-0.2, 0) is 17.9 Å². The Bertz CT molecular complexity index is 1350. The molecule has 39 heavy (non-hydrogen) atoms. The Kier molecular flexibility index (Phi) is 7.93. The zero-order valence-corrected chi connectivity index (χ0v) is 20.8. The molecule has 3 nitrogen and oxygen atoms in total. The third-order valence-corrected chi connectivity index (χ3v) is 7.10. The number of aromatic nitrogens is 1. The lowest BCUT2D eigenvalue weighted by molar-refractivity contribution is -0.140. The monoisotopic (exact) mass is 576 g/mol. The van der Waals surface area contributed by atoms with Crippen molar-refractivity contribution in [2.75, 3.05) is 0 Å². The maximum Gasteiger partial charge on any atom is 0.419 e. The number of pyridine rings is 1. The zero-order chi connectivity index (χ0) is 28.6. The first-order chi connectivity index (χ1) is 18.2. The van der Waals surface area contributed by atoms with E-state index in [1.807, 2.05) is 0 Å². The second-order valence-electron chi connectivity index (χ2n) is 9.38. The van der Waals surface area contributed by atoms with E-state index in [9.17, 15) is 39.9 Å². The molecule has 12 heteroatoms.